The van der Waals surface area contributed by atoms with Crippen LogP contribution in [0.15, 0.2) is 0 Å². The zero-order valence-electron chi connectivity index (χ0n) is 6.03. The molecule has 0 unspecified atom stereocenters. The van der Waals surface area contributed by atoms with Crippen molar-refractivity contribution in [3.05, 3.63) is 0 Å². The Balaban J connectivity index is -0.0000000119. The number of hydrogen-bond acceptors (Lipinski definition) is 0. The molecule has 0 radical (unpaired) electrons. The van der Waals surface area contributed by atoms with E-state index < -0.39 is 17.4 Å². The third-order valence-corrected chi connectivity index (χ3v) is 0. The van der Waals surface area contributed by atoms with E-state index in [2.05, 4.69) is 0 Å². The average Bonchev–Trinajstić information content (AvgIpc) is 1.27. The molecule has 0 bridgehead atoms. The van der Waals surface area contributed by atoms with E-state index in [-0.39, 0.29) is 61.6 Å². The Bertz CT molecular complexity index is 40.8. The summed E-state index contributed by atoms with van der Waals surface area (Å²) in [6.45, 7) is 1.48. The van der Waals surface area contributed by atoms with Gasteiger partial charge in [-0.1, -0.05) is 34.8 Å². The molecule has 0 rings (SSSR count). The first-order chi connectivity index (χ1) is 3.41. The molecule has 0 N–H and O–H groups in total. The summed E-state index contributed by atoms with van der Waals surface area (Å²) in [6, 6.07) is 0. The van der Waals surface area contributed by atoms with Crippen LogP contribution < -0.4 is 0 Å². The van der Waals surface area contributed by atoms with Gasteiger partial charge in [0.15, 0.2) is 3.79 Å². The maximum atomic E-state index is 5.06. The molecule has 0 saturated carbocycles. The Hall–Kier alpha value is 3.68. The summed E-state index contributed by atoms with van der Waals surface area (Å²) in [5.41, 5.74) is 0. The Kier molecular flexibility index (Phi) is 72.4. The topological polar surface area (TPSA) is 0 Å². The van der Waals surface area contributed by atoms with Crippen LogP contribution in [0.2, 0.25) is 0 Å². The molecule has 0 aromatic heterocycles. The first-order valence-corrected chi connectivity index (χ1v) is 10.5. The molecule has 0 atom stereocenters. The quantitative estimate of drug-likeness (QED) is 0.346. The summed E-state index contributed by atoms with van der Waals surface area (Å²) in [5.74, 6) is 0. The second kappa shape index (κ2) is 24.1. The Morgan fingerprint density at radius 2 is 0.917 bits per heavy atom. The van der Waals surface area contributed by atoms with E-state index in [1.807, 2.05) is 0 Å². The summed E-state index contributed by atoms with van der Waals surface area (Å²) >= 11 is 14.3. The van der Waals surface area contributed by atoms with E-state index in [1.54, 1.807) is 0 Å². The molecule has 0 aliphatic heterocycles. The van der Waals surface area contributed by atoms with Crippen LogP contribution in [0.4, 0.5) is 0 Å². The van der Waals surface area contributed by atoms with Crippen molar-refractivity contribution in [3.63, 3.8) is 0 Å². The van der Waals surface area contributed by atoms with Crippen molar-refractivity contribution in [2.75, 3.05) is 0 Å². The molecular weight excluding hydrogens is 502 g/mol. The monoisotopic (exact) mass is 510 g/mol. The van der Waals surface area contributed by atoms with Crippen LogP contribution in [0.5, 0.6) is 0 Å². The molecule has 0 heterocycles. The van der Waals surface area contributed by atoms with Crippen molar-refractivity contribution in [1.82, 2.24) is 0 Å². The second-order valence-corrected chi connectivity index (χ2v) is 8.35. The minimum atomic E-state index is -1.08. The molecule has 0 nitrogen and oxygen atoms in total. The number of alkyl halides is 3. The fourth-order valence-electron chi connectivity index (χ4n) is 0. The molecule has 84 valence electrons. The molecule has 0 aromatic carbocycles. The first kappa shape index (κ1) is 36.1. The summed E-state index contributed by atoms with van der Waals surface area (Å²) in [4.78, 5) is 0. The fourth-order valence-corrected chi connectivity index (χ4v) is 0. The van der Waals surface area contributed by atoms with E-state index in [0.717, 1.165) is 0 Å². The van der Waals surface area contributed by atoms with Crippen molar-refractivity contribution in [2.24, 2.45) is 0 Å². The van der Waals surface area contributed by atoms with Crippen molar-refractivity contribution in [2.45, 2.75) is 10.7 Å². The van der Waals surface area contributed by atoms with Crippen molar-refractivity contribution >= 4 is 130 Å². The van der Waals surface area contributed by atoms with Gasteiger partial charge in [-0.3, -0.25) is 0 Å². The van der Waals surface area contributed by atoms with E-state index in [9.17, 15) is 0 Å². The van der Waals surface area contributed by atoms with E-state index in [1.165, 1.54) is 6.92 Å². The van der Waals surface area contributed by atoms with Gasteiger partial charge in [-0.25, -0.2) is 0 Å². The number of rotatable bonds is 0. The van der Waals surface area contributed by atoms with Gasteiger partial charge in [-0.2, -0.15) is 0 Å². The number of halogens is 8. The number of hydrogen-bond donors (Lipinski definition) is 0. The van der Waals surface area contributed by atoms with E-state index >= 15 is 0 Å². The van der Waals surface area contributed by atoms with Gasteiger partial charge in [-0.15, -0.1) is 37.2 Å². The molecule has 0 spiro atoms. The van der Waals surface area contributed by atoms with Gasteiger partial charge < -0.3 is 0 Å². The molecule has 0 fully saturated rings. The first-order valence-electron chi connectivity index (χ1n) is 1.60. The van der Waals surface area contributed by atoms with Gasteiger partial charge in [0.05, 0.1) is 0 Å². The van der Waals surface area contributed by atoms with Crippen molar-refractivity contribution in [3.8, 4) is 0 Å². The standard InChI is InChI=1S/C2H3Cl3.Cl2GeH2.3ClH.Sb.3H/c1-2(3,4)5;1-3-2;;;;;;;/h1H3;3H2;3*1H;;;;. The van der Waals surface area contributed by atoms with Gasteiger partial charge >= 0.3 is 58.0 Å². The van der Waals surface area contributed by atoms with Gasteiger partial charge in [0, 0.05) is 0 Å². The minimum absolute atomic E-state index is 0. The third-order valence-electron chi connectivity index (χ3n) is 0. The van der Waals surface area contributed by atoms with Crippen molar-refractivity contribution in [1.29, 1.82) is 0 Å². The average molecular weight is 513 g/mol. The Labute approximate surface area is 139 Å². The molecule has 0 aliphatic rings. The third kappa shape index (κ3) is 162. The van der Waals surface area contributed by atoms with Crippen LogP contribution in [0.1, 0.15) is 6.92 Å². The van der Waals surface area contributed by atoms with E-state index in [4.69, 9.17) is 54.8 Å². The summed E-state index contributed by atoms with van der Waals surface area (Å²) in [5, 5.41) is 0. The Morgan fingerprint density at radius 1 is 0.917 bits per heavy atom. The molecular formula is C2H11Cl8GeSb. The molecule has 0 amide bonds. The molecule has 0 aromatic rings. The molecule has 0 saturated heterocycles. The normalized spacial score (nSPS) is 6.50. The van der Waals surface area contributed by atoms with Crippen LogP contribution in [-0.2, 0) is 0 Å². The van der Waals surface area contributed by atoms with Gasteiger partial charge in [0.1, 0.15) is 0 Å². The predicted octanol–water partition coefficient (Wildman–Crippen LogP) is 2.92. The van der Waals surface area contributed by atoms with Crippen LogP contribution in [0.25, 0.3) is 0 Å². The van der Waals surface area contributed by atoms with Crippen molar-refractivity contribution < 1.29 is 0 Å². The zero-order chi connectivity index (χ0) is 7.21. The van der Waals surface area contributed by atoms with Gasteiger partial charge in [0.25, 0.3) is 0 Å². The molecule has 10 heteroatoms. The Morgan fingerprint density at radius 3 is 0.917 bits per heavy atom. The second-order valence-electron chi connectivity index (χ2n) is 0.882. The van der Waals surface area contributed by atoms with Crippen LogP contribution in [0, 0.1) is 0 Å². The van der Waals surface area contributed by atoms with Crippen LogP contribution in [0.3, 0.4) is 0 Å². The van der Waals surface area contributed by atoms with Crippen LogP contribution in [-0.4, -0.2) is 41.8 Å². The molecule has 12 heavy (non-hydrogen) atoms. The fraction of sp³-hybridized carbons (Fsp3) is 1.00. The van der Waals surface area contributed by atoms with E-state index in [0.29, 0.717) is 0 Å². The zero-order valence-corrected chi connectivity index (χ0v) is 19.3. The summed E-state index contributed by atoms with van der Waals surface area (Å²) < 4.78 is -1.08. The summed E-state index contributed by atoms with van der Waals surface area (Å²) in [6.07, 6.45) is 0. The predicted molar refractivity (Wildman–Crippen MR) is 77.9 cm³/mol. The summed E-state index contributed by atoms with van der Waals surface area (Å²) in [7, 11) is 9.90. The molecule has 0 aliphatic carbocycles. The van der Waals surface area contributed by atoms with Gasteiger partial charge in [0.2, 0.25) is 0 Å². The van der Waals surface area contributed by atoms with Gasteiger partial charge in [-0.05, 0) is 6.92 Å². The maximum absolute atomic E-state index is 5.06. The SMILES string of the molecule is CC(Cl)(Cl)Cl.Cl.Cl.Cl.[Cl][GeH2][Cl].[SbH3]. The van der Waals surface area contributed by atoms with Crippen LogP contribution >= 0.6 is 92.0 Å².